The highest BCUT2D eigenvalue weighted by molar-refractivity contribution is 7.92. The molecule has 1 aliphatic rings. The van der Waals surface area contributed by atoms with Crippen LogP contribution in [0.3, 0.4) is 0 Å². The van der Waals surface area contributed by atoms with Crippen LogP contribution in [0.1, 0.15) is 19.6 Å². The van der Waals surface area contributed by atoms with Crippen molar-refractivity contribution in [2.75, 3.05) is 31.2 Å². The number of morpholine rings is 1. The fraction of sp³-hybridized carbons (Fsp3) is 0.300. The van der Waals surface area contributed by atoms with Crippen molar-refractivity contribution in [1.82, 2.24) is 24.1 Å². The van der Waals surface area contributed by atoms with E-state index in [0.717, 1.165) is 23.4 Å². The number of nitrogens with zero attached hydrogens (tertiary/aromatic N) is 5. The van der Waals surface area contributed by atoms with E-state index in [0.29, 0.717) is 34.4 Å². The van der Waals surface area contributed by atoms with Gasteiger partial charge < -0.3 is 13.9 Å². The number of ether oxygens (including phenoxy) is 2. The molecule has 0 aliphatic carbocycles. The Morgan fingerprint density at radius 3 is 2.38 bits per heavy atom. The van der Waals surface area contributed by atoms with Gasteiger partial charge in [-0.05, 0) is 49.7 Å². The molecule has 13 nitrogen and oxygen atoms in total. The number of hydrogen-bond donors (Lipinski definition) is 1. The standard InChI is InChI=1S/C30H32N6O7S2/c1-19-16-35(17-20(2)42-19)18-23-14-32-29(43-23)25-10-21(22-11-27(34-44(4,37)38)30(41-3)31-13-22)12-28-26(25)15-33-36(28)45(39,40)24-8-6-5-7-9-24/h5-15,19-20,34H,16-18H2,1-4H3/t19-,20+. The predicted molar refractivity (Wildman–Crippen MR) is 168 cm³/mol. The third kappa shape index (κ3) is 6.42. The quantitative estimate of drug-likeness (QED) is 0.245. The molecule has 45 heavy (non-hydrogen) atoms. The number of benzene rings is 2. The van der Waals surface area contributed by atoms with Crippen LogP contribution >= 0.6 is 0 Å². The van der Waals surface area contributed by atoms with Crippen molar-refractivity contribution in [3.8, 4) is 28.5 Å². The van der Waals surface area contributed by atoms with E-state index in [4.69, 9.17) is 13.9 Å². The van der Waals surface area contributed by atoms with Crippen LogP contribution in [0.25, 0.3) is 33.5 Å². The summed E-state index contributed by atoms with van der Waals surface area (Å²) < 4.78 is 72.3. The summed E-state index contributed by atoms with van der Waals surface area (Å²) in [6.07, 6.45) is 5.83. The second-order valence-corrected chi connectivity index (χ2v) is 14.5. The number of sulfonamides is 1. The number of oxazole rings is 1. The molecule has 0 amide bonds. The van der Waals surface area contributed by atoms with Crippen LogP contribution in [-0.4, -0.2) is 79.6 Å². The number of pyridine rings is 1. The molecule has 3 aromatic heterocycles. The Balaban J connectivity index is 1.49. The first-order chi connectivity index (χ1) is 21.4. The highest BCUT2D eigenvalue weighted by atomic mass is 32.2. The predicted octanol–water partition coefficient (Wildman–Crippen LogP) is 3.98. The zero-order valence-corrected chi connectivity index (χ0v) is 26.7. The molecule has 15 heteroatoms. The average Bonchev–Trinajstić information content (AvgIpc) is 3.63. The van der Waals surface area contributed by atoms with Crippen LogP contribution < -0.4 is 9.46 Å². The van der Waals surface area contributed by atoms with Gasteiger partial charge in [-0.25, -0.2) is 18.4 Å². The molecule has 0 bridgehead atoms. The molecule has 1 saturated heterocycles. The van der Waals surface area contributed by atoms with Gasteiger partial charge in [-0.3, -0.25) is 9.62 Å². The third-order valence-corrected chi connectivity index (χ3v) is 9.46. The number of anilines is 1. The van der Waals surface area contributed by atoms with Gasteiger partial charge in [0.1, 0.15) is 11.4 Å². The Morgan fingerprint density at radius 1 is 0.956 bits per heavy atom. The fourth-order valence-corrected chi connectivity index (χ4v) is 7.34. The summed E-state index contributed by atoms with van der Waals surface area (Å²) in [4.78, 5) is 11.1. The smallest absolute Gasteiger partial charge is 0.283 e. The Labute approximate surface area is 260 Å². The maximum absolute atomic E-state index is 13.7. The SMILES string of the molecule is COc1ncc(-c2cc(-c3ncc(CN4C[C@@H](C)O[C@@H](C)C4)o3)c3cnn(S(=O)(=O)c4ccccc4)c3c2)cc1NS(C)(=O)=O. The number of hydrogen-bond acceptors (Lipinski definition) is 11. The molecule has 4 heterocycles. The lowest BCUT2D eigenvalue weighted by Crippen LogP contribution is -2.44. The van der Waals surface area contributed by atoms with Gasteiger partial charge in [0.05, 0.1) is 54.9 Å². The number of rotatable bonds is 9. The number of methoxy groups -OCH3 is 1. The minimum atomic E-state index is -4.08. The van der Waals surface area contributed by atoms with Crippen molar-refractivity contribution in [3.63, 3.8) is 0 Å². The monoisotopic (exact) mass is 652 g/mol. The summed E-state index contributed by atoms with van der Waals surface area (Å²) in [5.74, 6) is 0.991. The zero-order chi connectivity index (χ0) is 31.9. The molecule has 236 valence electrons. The Hall–Kier alpha value is -4.31. The normalized spacial score (nSPS) is 17.9. The van der Waals surface area contributed by atoms with Gasteiger partial charge in [-0.15, -0.1) is 0 Å². The highest BCUT2D eigenvalue weighted by Crippen LogP contribution is 2.37. The van der Waals surface area contributed by atoms with E-state index in [1.165, 1.54) is 31.6 Å². The van der Waals surface area contributed by atoms with Gasteiger partial charge in [0.25, 0.3) is 10.0 Å². The number of nitrogens with one attached hydrogen (secondary N) is 1. The van der Waals surface area contributed by atoms with Crippen molar-refractivity contribution in [1.29, 1.82) is 0 Å². The topological polar surface area (TPSA) is 159 Å². The fourth-order valence-electron chi connectivity index (χ4n) is 5.52. The summed E-state index contributed by atoms with van der Waals surface area (Å²) in [7, 11) is -6.36. The van der Waals surface area contributed by atoms with Gasteiger partial charge in [0.15, 0.2) is 0 Å². The molecule has 5 aromatic rings. The van der Waals surface area contributed by atoms with E-state index >= 15 is 0 Å². The zero-order valence-electron chi connectivity index (χ0n) is 25.0. The molecule has 1 N–H and O–H groups in total. The lowest BCUT2D eigenvalue weighted by atomic mass is 10.0. The minimum absolute atomic E-state index is 0.0695. The molecule has 2 aromatic carbocycles. The van der Waals surface area contributed by atoms with Crippen molar-refractivity contribution < 1.29 is 30.7 Å². The van der Waals surface area contributed by atoms with Crippen molar-refractivity contribution in [2.24, 2.45) is 0 Å². The summed E-state index contributed by atoms with van der Waals surface area (Å²) in [5, 5.41) is 4.78. The van der Waals surface area contributed by atoms with Crippen molar-refractivity contribution in [3.05, 3.63) is 72.9 Å². The van der Waals surface area contributed by atoms with E-state index < -0.39 is 20.0 Å². The average molecular weight is 653 g/mol. The molecule has 0 unspecified atom stereocenters. The van der Waals surface area contributed by atoms with E-state index in [2.05, 4.69) is 24.7 Å². The van der Waals surface area contributed by atoms with Gasteiger partial charge in [0.2, 0.25) is 21.8 Å². The Kier molecular flexibility index (Phi) is 8.11. The van der Waals surface area contributed by atoms with E-state index in [-0.39, 0.29) is 40.1 Å². The lowest BCUT2D eigenvalue weighted by molar-refractivity contribution is -0.0718. The first-order valence-electron chi connectivity index (χ1n) is 14.1. The molecular formula is C30H32N6O7S2. The van der Waals surface area contributed by atoms with Crippen molar-refractivity contribution >= 4 is 36.6 Å². The molecule has 0 radical (unpaired) electrons. The maximum atomic E-state index is 13.7. The van der Waals surface area contributed by atoms with E-state index in [1.807, 2.05) is 13.8 Å². The summed E-state index contributed by atoms with van der Waals surface area (Å²) >= 11 is 0. The molecule has 1 fully saturated rings. The second kappa shape index (κ2) is 11.9. The van der Waals surface area contributed by atoms with Crippen LogP contribution in [0.5, 0.6) is 5.88 Å². The molecule has 0 spiro atoms. The third-order valence-electron chi connectivity index (χ3n) is 7.26. The lowest BCUT2D eigenvalue weighted by Gasteiger charge is -2.34. The first-order valence-corrected chi connectivity index (χ1v) is 17.4. The molecule has 6 rings (SSSR count). The van der Waals surface area contributed by atoms with Gasteiger partial charge in [-0.2, -0.15) is 17.6 Å². The highest BCUT2D eigenvalue weighted by Gasteiger charge is 2.26. The minimum Gasteiger partial charge on any atom is -0.480 e. The molecule has 1 aliphatic heterocycles. The maximum Gasteiger partial charge on any atom is 0.283 e. The molecule has 0 saturated carbocycles. The van der Waals surface area contributed by atoms with Crippen molar-refractivity contribution in [2.45, 2.75) is 37.5 Å². The molecule has 2 atom stereocenters. The Bertz CT molecular complexity index is 2070. The first kappa shape index (κ1) is 30.7. The van der Waals surface area contributed by atoms with Gasteiger partial charge in [-0.1, -0.05) is 18.2 Å². The second-order valence-electron chi connectivity index (χ2n) is 11.0. The van der Waals surface area contributed by atoms with Crippen LogP contribution in [-0.2, 0) is 31.3 Å². The van der Waals surface area contributed by atoms with Crippen LogP contribution in [0, 0.1) is 0 Å². The summed E-state index contributed by atoms with van der Waals surface area (Å²) in [5.41, 5.74) is 1.90. The largest absolute Gasteiger partial charge is 0.480 e. The summed E-state index contributed by atoms with van der Waals surface area (Å²) in [6.45, 7) is 6.08. The van der Waals surface area contributed by atoms with E-state index in [9.17, 15) is 16.8 Å². The summed E-state index contributed by atoms with van der Waals surface area (Å²) in [6, 6.07) is 13.0. The Morgan fingerprint density at radius 2 is 1.69 bits per heavy atom. The van der Waals surface area contributed by atoms with E-state index in [1.54, 1.807) is 42.6 Å². The number of fused-ring (bicyclic) bond motifs is 1. The van der Waals surface area contributed by atoms with Gasteiger partial charge >= 0.3 is 0 Å². The van der Waals surface area contributed by atoms with Crippen LogP contribution in [0.15, 0.2) is 76.4 Å². The van der Waals surface area contributed by atoms with Crippen LogP contribution in [0.4, 0.5) is 5.69 Å². The number of aromatic nitrogens is 4. The van der Waals surface area contributed by atoms with Crippen LogP contribution in [0.2, 0.25) is 0 Å². The van der Waals surface area contributed by atoms with Gasteiger partial charge in [0, 0.05) is 35.8 Å². The molecular weight excluding hydrogens is 620 g/mol.